The van der Waals surface area contributed by atoms with Crippen molar-refractivity contribution in [3.8, 4) is 0 Å². The number of unbranched alkanes of at least 4 members (excludes halogenated alkanes) is 7. The van der Waals surface area contributed by atoms with Gasteiger partial charge < -0.3 is 21.1 Å². The highest BCUT2D eigenvalue weighted by molar-refractivity contribution is 4.90. The highest BCUT2D eigenvalue weighted by Crippen LogP contribution is 2.39. The maximum absolute atomic E-state index is 10.3. The van der Waals surface area contributed by atoms with Crippen LogP contribution in [0.3, 0.4) is 0 Å². The second-order valence-electron chi connectivity index (χ2n) is 8.17. The molecular weight excluding hydrogens is 326 g/mol. The third-order valence-corrected chi connectivity index (χ3v) is 6.11. The van der Waals surface area contributed by atoms with Crippen LogP contribution in [0.1, 0.15) is 96.8 Å². The van der Waals surface area contributed by atoms with Crippen molar-refractivity contribution in [1.29, 1.82) is 0 Å². The van der Waals surface area contributed by atoms with Crippen molar-refractivity contribution in [3.63, 3.8) is 0 Å². The molecule has 1 fully saturated rings. The molecule has 0 radical (unpaired) electrons. The Morgan fingerprint density at radius 3 is 2.00 bits per heavy atom. The standard InChI is InChI=1S/C22H43NO3/c1-2-18(24)13-9-5-3-6-10-14-19-20(22(26)17-21(19)25)15-11-7-4-8-12-16-23/h12,16,18-22,24-26H,2-11,13-15,17,23H2,1H3. The number of aliphatic hydroxyl groups is 3. The normalized spacial score (nSPS) is 27.4. The smallest absolute Gasteiger partial charge is 0.0596 e. The Morgan fingerprint density at radius 1 is 0.885 bits per heavy atom. The second-order valence-corrected chi connectivity index (χ2v) is 8.17. The van der Waals surface area contributed by atoms with Gasteiger partial charge in [0.05, 0.1) is 18.3 Å². The lowest BCUT2D eigenvalue weighted by molar-refractivity contribution is 0.0999. The molecule has 4 heteroatoms. The first-order chi connectivity index (χ1) is 12.6. The third-order valence-electron chi connectivity index (χ3n) is 6.11. The molecule has 26 heavy (non-hydrogen) atoms. The van der Waals surface area contributed by atoms with Gasteiger partial charge in [-0.1, -0.05) is 57.9 Å². The summed E-state index contributed by atoms with van der Waals surface area (Å²) in [6.07, 6.45) is 17.6. The summed E-state index contributed by atoms with van der Waals surface area (Å²) in [4.78, 5) is 0. The topological polar surface area (TPSA) is 86.7 Å². The highest BCUT2D eigenvalue weighted by atomic mass is 16.3. The Labute approximate surface area is 160 Å². The molecule has 1 aliphatic carbocycles. The van der Waals surface area contributed by atoms with Crippen molar-refractivity contribution in [1.82, 2.24) is 0 Å². The lowest BCUT2D eigenvalue weighted by Gasteiger charge is -2.23. The molecule has 0 amide bonds. The zero-order valence-electron chi connectivity index (χ0n) is 16.9. The van der Waals surface area contributed by atoms with Gasteiger partial charge in [0.15, 0.2) is 0 Å². The zero-order chi connectivity index (χ0) is 19.2. The zero-order valence-corrected chi connectivity index (χ0v) is 16.9. The summed E-state index contributed by atoms with van der Waals surface area (Å²) in [6.45, 7) is 2.03. The molecule has 0 heterocycles. The predicted molar refractivity (Wildman–Crippen MR) is 109 cm³/mol. The van der Waals surface area contributed by atoms with Crippen LogP contribution in [-0.4, -0.2) is 33.6 Å². The van der Waals surface area contributed by atoms with Crippen molar-refractivity contribution in [2.24, 2.45) is 17.6 Å². The molecule has 1 rings (SSSR count). The minimum atomic E-state index is -0.325. The number of hydrogen-bond donors (Lipinski definition) is 4. The summed E-state index contributed by atoms with van der Waals surface area (Å²) in [5.41, 5.74) is 5.35. The van der Waals surface area contributed by atoms with E-state index in [1.807, 2.05) is 13.0 Å². The Hall–Kier alpha value is -0.580. The van der Waals surface area contributed by atoms with Crippen LogP contribution < -0.4 is 5.73 Å². The molecule has 1 aliphatic rings. The molecule has 1 saturated carbocycles. The summed E-state index contributed by atoms with van der Waals surface area (Å²) in [5, 5.41) is 30.2. The van der Waals surface area contributed by atoms with Crippen LogP contribution in [0, 0.1) is 11.8 Å². The second kappa shape index (κ2) is 14.5. The van der Waals surface area contributed by atoms with E-state index in [2.05, 4.69) is 0 Å². The van der Waals surface area contributed by atoms with Crippen LogP contribution in [0.4, 0.5) is 0 Å². The van der Waals surface area contributed by atoms with E-state index in [0.717, 1.165) is 57.8 Å². The summed E-state index contributed by atoms with van der Waals surface area (Å²) in [6, 6.07) is 0. The van der Waals surface area contributed by atoms with E-state index < -0.39 is 0 Å². The minimum Gasteiger partial charge on any atom is -0.405 e. The Bertz CT molecular complexity index is 361. The average Bonchev–Trinajstić information content (AvgIpc) is 2.90. The van der Waals surface area contributed by atoms with Gasteiger partial charge >= 0.3 is 0 Å². The third kappa shape index (κ3) is 9.38. The fourth-order valence-corrected chi connectivity index (χ4v) is 4.39. The number of rotatable bonds is 15. The van der Waals surface area contributed by atoms with Gasteiger partial charge in [-0.2, -0.15) is 0 Å². The molecule has 0 spiro atoms. The molecule has 0 bridgehead atoms. The molecule has 0 aromatic rings. The number of hydrogen-bond acceptors (Lipinski definition) is 4. The maximum atomic E-state index is 10.3. The molecule has 0 aliphatic heterocycles. The van der Waals surface area contributed by atoms with Gasteiger partial charge in [0.1, 0.15) is 0 Å². The van der Waals surface area contributed by atoms with E-state index in [-0.39, 0.29) is 30.1 Å². The van der Waals surface area contributed by atoms with Crippen LogP contribution >= 0.6 is 0 Å². The van der Waals surface area contributed by atoms with Gasteiger partial charge in [0, 0.05) is 0 Å². The Morgan fingerprint density at radius 2 is 1.42 bits per heavy atom. The summed E-state index contributed by atoms with van der Waals surface area (Å²) in [7, 11) is 0. The molecule has 0 aromatic carbocycles. The predicted octanol–water partition coefficient (Wildman–Crippen LogP) is 4.27. The van der Waals surface area contributed by atoms with Crippen molar-refractivity contribution in [3.05, 3.63) is 12.3 Å². The molecule has 4 nitrogen and oxygen atoms in total. The molecule has 5 N–H and O–H groups in total. The van der Waals surface area contributed by atoms with E-state index in [0.29, 0.717) is 6.42 Å². The highest BCUT2D eigenvalue weighted by Gasteiger charge is 2.40. The summed E-state index contributed by atoms with van der Waals surface area (Å²) >= 11 is 0. The monoisotopic (exact) mass is 369 g/mol. The van der Waals surface area contributed by atoms with Crippen LogP contribution in [-0.2, 0) is 0 Å². The van der Waals surface area contributed by atoms with Gasteiger partial charge in [-0.05, 0) is 63.0 Å². The Kier molecular flexibility index (Phi) is 13.1. The van der Waals surface area contributed by atoms with Gasteiger partial charge in [-0.15, -0.1) is 0 Å². The van der Waals surface area contributed by atoms with E-state index >= 15 is 0 Å². The van der Waals surface area contributed by atoms with Crippen LogP contribution in [0.2, 0.25) is 0 Å². The molecular formula is C22H43NO3. The van der Waals surface area contributed by atoms with Crippen molar-refractivity contribution in [2.45, 2.75) is 115 Å². The van der Waals surface area contributed by atoms with Crippen LogP contribution in [0.5, 0.6) is 0 Å². The summed E-state index contributed by atoms with van der Waals surface area (Å²) in [5.74, 6) is 0.547. The van der Waals surface area contributed by atoms with Gasteiger partial charge in [-0.3, -0.25) is 0 Å². The van der Waals surface area contributed by atoms with Gasteiger partial charge in [0.25, 0.3) is 0 Å². The first-order valence-corrected chi connectivity index (χ1v) is 11.0. The van der Waals surface area contributed by atoms with E-state index in [4.69, 9.17) is 5.73 Å². The lowest BCUT2D eigenvalue weighted by atomic mass is 9.85. The molecule has 5 unspecified atom stereocenters. The number of allylic oxidation sites excluding steroid dienone is 1. The first-order valence-electron chi connectivity index (χ1n) is 11.0. The first kappa shape index (κ1) is 23.5. The SMILES string of the molecule is CCC(O)CCCCCCCC1C(O)CC(O)C1CCCCCC=CN. The largest absolute Gasteiger partial charge is 0.405 e. The van der Waals surface area contributed by atoms with Gasteiger partial charge in [0.2, 0.25) is 0 Å². The molecule has 0 aromatic heterocycles. The quantitative estimate of drug-likeness (QED) is 0.325. The van der Waals surface area contributed by atoms with E-state index in [9.17, 15) is 15.3 Å². The fourth-order valence-electron chi connectivity index (χ4n) is 4.39. The molecule has 0 saturated heterocycles. The number of aliphatic hydroxyl groups excluding tert-OH is 3. The van der Waals surface area contributed by atoms with Crippen LogP contribution in [0.15, 0.2) is 12.3 Å². The minimum absolute atomic E-state index is 0.128. The van der Waals surface area contributed by atoms with Gasteiger partial charge in [-0.25, -0.2) is 0 Å². The van der Waals surface area contributed by atoms with E-state index in [1.54, 1.807) is 6.20 Å². The molecule has 154 valence electrons. The summed E-state index contributed by atoms with van der Waals surface area (Å²) < 4.78 is 0. The van der Waals surface area contributed by atoms with E-state index in [1.165, 1.54) is 25.7 Å². The maximum Gasteiger partial charge on any atom is 0.0596 e. The van der Waals surface area contributed by atoms with Crippen molar-refractivity contribution < 1.29 is 15.3 Å². The molecule has 5 atom stereocenters. The van der Waals surface area contributed by atoms with Crippen LogP contribution in [0.25, 0.3) is 0 Å². The average molecular weight is 370 g/mol. The van der Waals surface area contributed by atoms with Crippen molar-refractivity contribution in [2.75, 3.05) is 0 Å². The number of nitrogens with two attached hydrogens (primary N) is 1. The lowest BCUT2D eigenvalue weighted by Crippen LogP contribution is -2.22. The Balaban J connectivity index is 2.16. The fraction of sp³-hybridized carbons (Fsp3) is 0.909. The van der Waals surface area contributed by atoms with Crippen molar-refractivity contribution >= 4 is 0 Å².